The molecule has 0 saturated carbocycles. The lowest BCUT2D eigenvalue weighted by Gasteiger charge is -2.16. The van der Waals surface area contributed by atoms with E-state index in [-0.39, 0.29) is 22.1 Å². The number of hydrogen-bond acceptors (Lipinski definition) is 4. The molecule has 0 amide bonds. The number of rotatable bonds is 3. The van der Waals surface area contributed by atoms with Crippen LogP contribution >= 0.6 is 11.6 Å². The minimum absolute atomic E-state index is 0.0366. The van der Waals surface area contributed by atoms with Crippen molar-refractivity contribution in [3.05, 3.63) is 56.6 Å². The van der Waals surface area contributed by atoms with Crippen molar-refractivity contribution >= 4 is 29.1 Å². The zero-order valence-electron chi connectivity index (χ0n) is 12.2. The number of nitrogens with one attached hydrogen (secondary N) is 1. The van der Waals surface area contributed by atoms with Crippen LogP contribution in [0.1, 0.15) is 15.9 Å². The van der Waals surface area contributed by atoms with Gasteiger partial charge in [-0.1, -0.05) is 17.7 Å². The molecule has 1 aromatic carbocycles. The summed E-state index contributed by atoms with van der Waals surface area (Å²) in [6, 6.07) is 5.76. The molecule has 0 aliphatic heterocycles. The summed E-state index contributed by atoms with van der Waals surface area (Å²) in [5, 5.41) is 2.62. The summed E-state index contributed by atoms with van der Waals surface area (Å²) in [5.74, 6) is -1.09. The lowest BCUT2D eigenvalue weighted by molar-refractivity contribution is 0.0601. The molecule has 0 aliphatic carbocycles. The largest absolute Gasteiger partial charge is 0.465 e. The monoisotopic (exact) mass is 324 g/mol. The molecular weight excluding hydrogens is 311 g/mol. The second-order valence-electron chi connectivity index (χ2n) is 4.72. The molecule has 5 nitrogen and oxygen atoms in total. The number of esters is 1. The second kappa shape index (κ2) is 6.19. The van der Waals surface area contributed by atoms with Gasteiger partial charge in [-0.3, -0.25) is 9.36 Å². The first-order valence-electron chi connectivity index (χ1n) is 6.36. The predicted octanol–water partition coefficient (Wildman–Crippen LogP) is 3.02. The Balaban J connectivity index is 2.60. The number of methoxy groups -OCH3 is 1. The second-order valence-corrected chi connectivity index (χ2v) is 5.13. The number of anilines is 2. The summed E-state index contributed by atoms with van der Waals surface area (Å²) >= 11 is 5.80. The van der Waals surface area contributed by atoms with Crippen LogP contribution in [0.3, 0.4) is 0 Å². The number of nitrogens with zero attached hydrogens (tertiary/aromatic N) is 1. The maximum atomic E-state index is 14.0. The molecule has 0 atom stereocenters. The Morgan fingerprint density at radius 3 is 2.64 bits per heavy atom. The fourth-order valence-electron chi connectivity index (χ4n) is 1.97. The van der Waals surface area contributed by atoms with Crippen LogP contribution in [-0.2, 0) is 11.8 Å². The molecule has 2 aromatic rings. The molecule has 116 valence electrons. The number of halogens is 2. The third-order valence-electron chi connectivity index (χ3n) is 3.15. The van der Waals surface area contributed by atoms with Crippen LogP contribution in [-0.4, -0.2) is 17.6 Å². The number of aromatic nitrogens is 1. The normalized spacial score (nSPS) is 10.4. The van der Waals surface area contributed by atoms with E-state index in [9.17, 15) is 14.0 Å². The Morgan fingerprint density at radius 1 is 1.36 bits per heavy atom. The van der Waals surface area contributed by atoms with E-state index in [1.165, 1.54) is 32.4 Å². The number of pyridine rings is 1. The molecule has 0 radical (unpaired) electrons. The first-order chi connectivity index (χ1) is 10.3. The number of aryl methyl sites for hydroxylation is 1. The van der Waals surface area contributed by atoms with Gasteiger partial charge in [-0.15, -0.1) is 0 Å². The van der Waals surface area contributed by atoms with Gasteiger partial charge in [0, 0.05) is 7.05 Å². The smallest absolute Gasteiger partial charge is 0.341 e. The van der Waals surface area contributed by atoms with Crippen molar-refractivity contribution in [2.75, 3.05) is 12.4 Å². The van der Waals surface area contributed by atoms with Crippen molar-refractivity contribution in [3.63, 3.8) is 0 Å². The van der Waals surface area contributed by atoms with Crippen molar-refractivity contribution in [2.45, 2.75) is 6.92 Å². The summed E-state index contributed by atoms with van der Waals surface area (Å²) in [7, 11) is 2.63. The Bertz CT molecular complexity index is 802. The van der Waals surface area contributed by atoms with E-state index in [0.29, 0.717) is 0 Å². The number of hydrogen-bond donors (Lipinski definition) is 1. The Kier molecular flexibility index (Phi) is 4.51. The van der Waals surface area contributed by atoms with Crippen molar-refractivity contribution in [1.82, 2.24) is 4.57 Å². The van der Waals surface area contributed by atoms with E-state index >= 15 is 0 Å². The van der Waals surface area contributed by atoms with Crippen molar-refractivity contribution in [1.29, 1.82) is 0 Å². The van der Waals surface area contributed by atoms with E-state index in [0.717, 1.165) is 10.1 Å². The first kappa shape index (κ1) is 16.0. The van der Waals surface area contributed by atoms with Crippen LogP contribution in [0.2, 0.25) is 5.02 Å². The predicted molar refractivity (Wildman–Crippen MR) is 82.5 cm³/mol. The Labute approximate surface area is 131 Å². The molecule has 7 heteroatoms. The highest BCUT2D eigenvalue weighted by Gasteiger charge is 2.19. The summed E-state index contributed by atoms with van der Waals surface area (Å²) < 4.78 is 19.8. The van der Waals surface area contributed by atoms with E-state index < -0.39 is 17.3 Å². The zero-order chi connectivity index (χ0) is 16.4. The van der Waals surface area contributed by atoms with Gasteiger partial charge in [0.05, 0.1) is 12.8 Å². The van der Waals surface area contributed by atoms with Crippen molar-refractivity contribution in [3.8, 4) is 0 Å². The molecule has 0 unspecified atom stereocenters. The number of carbonyl (C=O) groups is 1. The molecule has 0 bridgehead atoms. The maximum Gasteiger partial charge on any atom is 0.341 e. The summed E-state index contributed by atoms with van der Waals surface area (Å²) in [5.41, 5.74) is 0.410. The van der Waals surface area contributed by atoms with Gasteiger partial charge in [0.25, 0.3) is 5.56 Å². The molecule has 1 heterocycles. The van der Waals surface area contributed by atoms with Gasteiger partial charge >= 0.3 is 5.97 Å². The molecule has 0 aliphatic rings. The average molecular weight is 325 g/mol. The summed E-state index contributed by atoms with van der Waals surface area (Å²) in [4.78, 5) is 23.8. The van der Waals surface area contributed by atoms with Gasteiger partial charge in [-0.25, -0.2) is 9.18 Å². The fourth-order valence-corrected chi connectivity index (χ4v) is 2.20. The fraction of sp³-hybridized carbons (Fsp3) is 0.200. The molecule has 1 aromatic heterocycles. The highest BCUT2D eigenvalue weighted by atomic mass is 35.5. The first-order valence-corrected chi connectivity index (χ1v) is 6.74. The lowest BCUT2D eigenvalue weighted by atomic mass is 10.2. The molecule has 0 fully saturated rings. The maximum absolute atomic E-state index is 14.0. The lowest BCUT2D eigenvalue weighted by Crippen LogP contribution is -2.23. The van der Waals surface area contributed by atoms with Crippen LogP contribution in [0.15, 0.2) is 29.1 Å². The van der Waals surface area contributed by atoms with Gasteiger partial charge in [-0.05, 0) is 30.7 Å². The number of ether oxygens (including phenoxy) is 1. The van der Waals surface area contributed by atoms with Crippen LogP contribution in [0.5, 0.6) is 0 Å². The molecule has 0 saturated heterocycles. The van der Waals surface area contributed by atoms with Crippen molar-refractivity contribution in [2.24, 2.45) is 7.05 Å². The molecular formula is C15H14ClFN2O3. The van der Waals surface area contributed by atoms with E-state index in [1.807, 2.05) is 0 Å². The minimum atomic E-state index is -0.687. The SMILES string of the molecule is COC(=O)c1cc(Cl)c(=O)n(C)c1Nc1ccc(C)cc1F. The summed E-state index contributed by atoms with van der Waals surface area (Å²) in [6.45, 7) is 1.75. The van der Waals surface area contributed by atoms with Crippen LogP contribution < -0.4 is 10.9 Å². The third kappa shape index (κ3) is 2.96. The minimum Gasteiger partial charge on any atom is -0.465 e. The number of benzene rings is 1. The van der Waals surface area contributed by atoms with Gasteiger partial charge < -0.3 is 10.1 Å². The van der Waals surface area contributed by atoms with Crippen LogP contribution in [0.25, 0.3) is 0 Å². The molecule has 1 N–H and O–H groups in total. The van der Waals surface area contributed by atoms with E-state index in [1.54, 1.807) is 13.0 Å². The summed E-state index contributed by atoms with van der Waals surface area (Å²) in [6.07, 6.45) is 0. The molecule has 22 heavy (non-hydrogen) atoms. The van der Waals surface area contributed by atoms with Crippen molar-refractivity contribution < 1.29 is 13.9 Å². The van der Waals surface area contributed by atoms with E-state index in [4.69, 9.17) is 11.6 Å². The van der Waals surface area contributed by atoms with Gasteiger partial charge in [0.2, 0.25) is 0 Å². The van der Waals surface area contributed by atoms with Gasteiger partial charge in [0.15, 0.2) is 0 Å². The molecule has 0 spiro atoms. The van der Waals surface area contributed by atoms with E-state index in [2.05, 4.69) is 10.1 Å². The number of carbonyl (C=O) groups excluding carboxylic acids is 1. The highest BCUT2D eigenvalue weighted by molar-refractivity contribution is 6.30. The van der Waals surface area contributed by atoms with Crippen LogP contribution in [0, 0.1) is 12.7 Å². The van der Waals surface area contributed by atoms with Crippen LogP contribution in [0.4, 0.5) is 15.9 Å². The average Bonchev–Trinajstić information content (AvgIpc) is 2.49. The molecule has 2 rings (SSSR count). The Morgan fingerprint density at radius 2 is 2.05 bits per heavy atom. The zero-order valence-corrected chi connectivity index (χ0v) is 13.0. The standard InChI is InChI=1S/C15H14ClFN2O3/c1-8-4-5-12(11(17)6-8)18-13-9(15(21)22-3)7-10(16)14(20)19(13)2/h4-7,18H,1-3H3. The Hall–Kier alpha value is -2.34. The van der Waals surface area contributed by atoms with Gasteiger partial charge in [-0.2, -0.15) is 0 Å². The highest BCUT2D eigenvalue weighted by Crippen LogP contribution is 2.24. The van der Waals surface area contributed by atoms with Gasteiger partial charge in [0.1, 0.15) is 22.2 Å². The topological polar surface area (TPSA) is 60.3 Å². The quantitative estimate of drug-likeness (QED) is 0.882. The third-order valence-corrected chi connectivity index (χ3v) is 3.42.